The van der Waals surface area contributed by atoms with Gasteiger partial charge in [-0.15, -0.1) is 5.10 Å². The van der Waals surface area contributed by atoms with E-state index >= 15 is 0 Å². The molecular weight excluding hydrogens is 252 g/mol. The molecule has 1 fully saturated rings. The maximum absolute atomic E-state index is 8.95. The van der Waals surface area contributed by atoms with E-state index in [0.29, 0.717) is 5.15 Å². The first-order chi connectivity index (χ1) is 8.78. The third-order valence-corrected chi connectivity index (χ3v) is 3.37. The number of nitrogens with zero attached hydrogens (tertiary/aromatic N) is 4. The summed E-state index contributed by atoms with van der Waals surface area (Å²) in [6.07, 6.45) is 1.13. The van der Waals surface area contributed by atoms with Crippen molar-refractivity contribution in [3.63, 3.8) is 0 Å². The van der Waals surface area contributed by atoms with Gasteiger partial charge < -0.3 is 5.11 Å². The summed E-state index contributed by atoms with van der Waals surface area (Å²) in [4.78, 5) is 4.67. The molecule has 1 aromatic rings. The van der Waals surface area contributed by atoms with E-state index in [1.165, 1.54) is 0 Å². The van der Waals surface area contributed by atoms with Crippen LogP contribution in [0.2, 0.25) is 5.15 Å². The molecule has 0 aromatic carbocycles. The van der Waals surface area contributed by atoms with Crippen molar-refractivity contribution in [1.29, 1.82) is 0 Å². The van der Waals surface area contributed by atoms with Gasteiger partial charge in [-0.05, 0) is 31.6 Å². The van der Waals surface area contributed by atoms with Crippen molar-refractivity contribution in [1.82, 2.24) is 20.0 Å². The average Bonchev–Trinajstić information content (AvgIpc) is 2.59. The molecule has 5 nitrogen and oxygen atoms in total. The SMILES string of the molecule is OCCN1CCCN(Cc2ccc(Cl)nn2)CC1. The van der Waals surface area contributed by atoms with Gasteiger partial charge in [0.1, 0.15) is 0 Å². The summed E-state index contributed by atoms with van der Waals surface area (Å²) in [5.41, 5.74) is 0.954. The van der Waals surface area contributed by atoms with Gasteiger partial charge in [0.15, 0.2) is 5.15 Å². The normalized spacial score (nSPS) is 18.8. The zero-order valence-corrected chi connectivity index (χ0v) is 11.2. The fourth-order valence-electron chi connectivity index (χ4n) is 2.20. The molecule has 1 aliphatic heterocycles. The van der Waals surface area contributed by atoms with Crippen LogP contribution in [0.4, 0.5) is 0 Å². The quantitative estimate of drug-likeness (QED) is 0.870. The smallest absolute Gasteiger partial charge is 0.151 e. The molecule has 1 aliphatic rings. The van der Waals surface area contributed by atoms with Crippen LogP contribution in [-0.2, 0) is 6.54 Å². The van der Waals surface area contributed by atoms with Gasteiger partial charge in [-0.1, -0.05) is 11.6 Å². The number of rotatable bonds is 4. The van der Waals surface area contributed by atoms with E-state index in [0.717, 1.165) is 51.4 Å². The van der Waals surface area contributed by atoms with E-state index in [9.17, 15) is 0 Å². The third-order valence-electron chi connectivity index (χ3n) is 3.17. The van der Waals surface area contributed by atoms with Gasteiger partial charge in [-0.25, -0.2) is 0 Å². The Morgan fingerprint density at radius 3 is 2.61 bits per heavy atom. The van der Waals surface area contributed by atoms with Crippen molar-refractivity contribution in [3.05, 3.63) is 23.0 Å². The van der Waals surface area contributed by atoms with Crippen LogP contribution < -0.4 is 0 Å². The summed E-state index contributed by atoms with van der Waals surface area (Å²) in [5.74, 6) is 0. The average molecular weight is 271 g/mol. The van der Waals surface area contributed by atoms with Gasteiger partial charge in [-0.3, -0.25) is 9.80 Å². The molecule has 2 heterocycles. The second-order valence-corrected chi connectivity index (χ2v) is 4.93. The summed E-state index contributed by atoms with van der Waals surface area (Å²) in [6, 6.07) is 3.70. The summed E-state index contributed by atoms with van der Waals surface area (Å²) in [6.45, 7) is 5.95. The molecule has 0 amide bonds. The lowest BCUT2D eigenvalue weighted by Gasteiger charge is -2.20. The van der Waals surface area contributed by atoms with Crippen LogP contribution in [0, 0.1) is 0 Å². The van der Waals surface area contributed by atoms with Crippen molar-refractivity contribution in [3.8, 4) is 0 Å². The Balaban J connectivity index is 1.84. The molecule has 0 radical (unpaired) electrons. The maximum Gasteiger partial charge on any atom is 0.151 e. The number of β-amino-alcohol motifs (C(OH)–C–C–N with tert-alkyl or cyclic N) is 1. The summed E-state index contributed by atoms with van der Waals surface area (Å²) in [7, 11) is 0. The van der Waals surface area contributed by atoms with Gasteiger partial charge in [0, 0.05) is 26.2 Å². The van der Waals surface area contributed by atoms with Gasteiger partial charge in [0.25, 0.3) is 0 Å². The Hall–Kier alpha value is -0.750. The molecule has 0 spiro atoms. The van der Waals surface area contributed by atoms with Crippen LogP contribution >= 0.6 is 11.6 Å². The van der Waals surface area contributed by atoms with Crippen LogP contribution in [0.25, 0.3) is 0 Å². The first kappa shape index (κ1) is 13.7. The zero-order chi connectivity index (χ0) is 12.8. The van der Waals surface area contributed by atoms with Crippen LogP contribution in [0.15, 0.2) is 12.1 Å². The third kappa shape index (κ3) is 4.17. The zero-order valence-electron chi connectivity index (χ0n) is 10.4. The lowest BCUT2D eigenvalue weighted by atomic mass is 10.3. The van der Waals surface area contributed by atoms with Crippen LogP contribution in [-0.4, -0.2) is 64.4 Å². The Bertz CT molecular complexity index is 360. The highest BCUT2D eigenvalue weighted by molar-refractivity contribution is 6.29. The minimum absolute atomic E-state index is 0.239. The Labute approximate surface area is 112 Å². The van der Waals surface area contributed by atoms with Gasteiger partial charge in [0.2, 0.25) is 0 Å². The van der Waals surface area contributed by atoms with Crippen molar-refractivity contribution < 1.29 is 5.11 Å². The molecule has 1 aromatic heterocycles. The van der Waals surface area contributed by atoms with E-state index in [1.807, 2.05) is 6.07 Å². The molecule has 100 valence electrons. The minimum Gasteiger partial charge on any atom is -0.395 e. The second kappa shape index (κ2) is 6.99. The highest BCUT2D eigenvalue weighted by Crippen LogP contribution is 2.08. The summed E-state index contributed by atoms with van der Waals surface area (Å²) < 4.78 is 0. The van der Waals surface area contributed by atoms with E-state index < -0.39 is 0 Å². The maximum atomic E-state index is 8.95. The van der Waals surface area contributed by atoms with Crippen molar-refractivity contribution in [2.45, 2.75) is 13.0 Å². The Morgan fingerprint density at radius 2 is 1.89 bits per heavy atom. The molecule has 0 unspecified atom stereocenters. The first-order valence-corrected chi connectivity index (χ1v) is 6.69. The van der Waals surface area contributed by atoms with Crippen LogP contribution in [0.1, 0.15) is 12.1 Å². The summed E-state index contributed by atoms with van der Waals surface area (Å²) in [5, 5.41) is 17.3. The minimum atomic E-state index is 0.239. The highest BCUT2D eigenvalue weighted by atomic mass is 35.5. The second-order valence-electron chi connectivity index (χ2n) is 4.54. The Kier molecular flexibility index (Phi) is 5.31. The van der Waals surface area contributed by atoms with Crippen LogP contribution in [0.3, 0.4) is 0 Å². The van der Waals surface area contributed by atoms with E-state index in [2.05, 4.69) is 20.0 Å². The fourth-order valence-corrected chi connectivity index (χ4v) is 2.31. The number of hydrogen-bond donors (Lipinski definition) is 1. The highest BCUT2D eigenvalue weighted by Gasteiger charge is 2.14. The van der Waals surface area contributed by atoms with Crippen molar-refractivity contribution in [2.75, 3.05) is 39.3 Å². The van der Waals surface area contributed by atoms with E-state index in [-0.39, 0.29) is 6.61 Å². The number of aliphatic hydroxyl groups excluding tert-OH is 1. The Morgan fingerprint density at radius 1 is 1.11 bits per heavy atom. The first-order valence-electron chi connectivity index (χ1n) is 6.31. The predicted octanol–water partition coefficient (Wildman–Crippen LogP) is 0.630. The fraction of sp³-hybridized carbons (Fsp3) is 0.667. The lowest BCUT2D eigenvalue weighted by molar-refractivity contribution is 0.195. The molecular formula is C12H19ClN4O. The molecule has 6 heteroatoms. The topological polar surface area (TPSA) is 52.5 Å². The molecule has 1 N–H and O–H groups in total. The molecule has 0 saturated carbocycles. The molecule has 0 bridgehead atoms. The monoisotopic (exact) mass is 270 g/mol. The molecule has 1 saturated heterocycles. The van der Waals surface area contributed by atoms with E-state index in [1.54, 1.807) is 6.07 Å². The van der Waals surface area contributed by atoms with Crippen LogP contribution in [0.5, 0.6) is 0 Å². The summed E-state index contributed by atoms with van der Waals surface area (Å²) >= 11 is 5.72. The standard InChI is InChI=1S/C12H19ClN4O/c13-12-3-2-11(14-15-12)10-17-5-1-4-16(6-7-17)8-9-18/h2-3,18H,1,4-10H2. The lowest BCUT2D eigenvalue weighted by Crippen LogP contribution is -2.32. The predicted molar refractivity (Wildman–Crippen MR) is 70.5 cm³/mol. The number of aromatic nitrogens is 2. The van der Waals surface area contributed by atoms with Crippen molar-refractivity contribution >= 4 is 11.6 Å². The molecule has 2 rings (SSSR count). The number of hydrogen-bond acceptors (Lipinski definition) is 5. The van der Waals surface area contributed by atoms with Gasteiger partial charge in [-0.2, -0.15) is 5.10 Å². The van der Waals surface area contributed by atoms with E-state index in [4.69, 9.17) is 16.7 Å². The van der Waals surface area contributed by atoms with Crippen molar-refractivity contribution in [2.24, 2.45) is 0 Å². The molecule has 18 heavy (non-hydrogen) atoms. The molecule has 0 atom stereocenters. The number of aliphatic hydroxyl groups is 1. The molecule has 0 aliphatic carbocycles. The van der Waals surface area contributed by atoms with Gasteiger partial charge >= 0.3 is 0 Å². The largest absolute Gasteiger partial charge is 0.395 e. The van der Waals surface area contributed by atoms with Gasteiger partial charge in [0.05, 0.1) is 12.3 Å². The number of halogens is 1.